The average Bonchev–Trinajstić information content (AvgIpc) is 2.59. The molecule has 0 bridgehead atoms. The highest BCUT2D eigenvalue weighted by atomic mass is 16.2. The molecule has 0 radical (unpaired) electrons. The Morgan fingerprint density at radius 1 is 1.25 bits per heavy atom. The monoisotopic (exact) mass is 330 g/mol. The van der Waals surface area contributed by atoms with Gasteiger partial charge in [-0.05, 0) is 31.7 Å². The first kappa shape index (κ1) is 18.5. The fourth-order valence-corrected chi connectivity index (χ4v) is 3.30. The molecule has 2 amide bonds. The summed E-state index contributed by atoms with van der Waals surface area (Å²) in [6.45, 7) is 6.41. The van der Waals surface area contributed by atoms with E-state index < -0.39 is 0 Å². The van der Waals surface area contributed by atoms with Gasteiger partial charge in [-0.2, -0.15) is 0 Å². The topological polar surface area (TPSA) is 40.6 Å². The summed E-state index contributed by atoms with van der Waals surface area (Å²) in [5.41, 5.74) is 2.25. The third-order valence-electron chi connectivity index (χ3n) is 4.86. The summed E-state index contributed by atoms with van der Waals surface area (Å²) in [7, 11) is 1.90. The number of hydrogen-bond donors (Lipinski definition) is 0. The van der Waals surface area contributed by atoms with Gasteiger partial charge in [0.05, 0.1) is 6.42 Å². The molecule has 1 aromatic rings. The number of unbranched alkanes of at least 4 members (excludes halogenated alkanes) is 1. The van der Waals surface area contributed by atoms with E-state index in [1.807, 2.05) is 42.0 Å². The number of carbonyl (C=O) groups excluding carboxylic acids is 2. The van der Waals surface area contributed by atoms with Crippen molar-refractivity contribution >= 4 is 11.8 Å². The molecule has 0 saturated carbocycles. The van der Waals surface area contributed by atoms with Gasteiger partial charge in [0.15, 0.2) is 0 Å². The fraction of sp³-hybridized carbons (Fsp3) is 0.600. The second kappa shape index (κ2) is 8.86. The molecule has 1 fully saturated rings. The van der Waals surface area contributed by atoms with Crippen molar-refractivity contribution in [1.29, 1.82) is 0 Å². The Kier molecular flexibility index (Phi) is 6.83. The molecule has 0 unspecified atom stereocenters. The molecule has 2 rings (SSSR count). The molecule has 1 aromatic carbocycles. The molecule has 0 N–H and O–H groups in total. The van der Waals surface area contributed by atoms with Crippen LogP contribution < -0.4 is 0 Å². The molecule has 132 valence electrons. The van der Waals surface area contributed by atoms with Crippen molar-refractivity contribution < 1.29 is 9.59 Å². The van der Waals surface area contributed by atoms with Crippen LogP contribution in [-0.4, -0.2) is 48.3 Å². The van der Waals surface area contributed by atoms with Crippen molar-refractivity contribution in [2.75, 3.05) is 26.7 Å². The minimum Gasteiger partial charge on any atom is -0.346 e. The largest absolute Gasteiger partial charge is 0.346 e. The Morgan fingerprint density at radius 3 is 2.58 bits per heavy atom. The molecular weight excluding hydrogens is 300 g/mol. The van der Waals surface area contributed by atoms with Gasteiger partial charge in [-0.15, -0.1) is 0 Å². The van der Waals surface area contributed by atoms with Crippen LogP contribution in [0.2, 0.25) is 0 Å². The number of carbonyl (C=O) groups is 2. The molecule has 0 aliphatic carbocycles. The number of likely N-dealkylation sites (tertiary alicyclic amines) is 1. The van der Waals surface area contributed by atoms with Gasteiger partial charge in [-0.1, -0.05) is 43.2 Å². The number of benzene rings is 1. The van der Waals surface area contributed by atoms with Crippen molar-refractivity contribution in [3.8, 4) is 0 Å². The predicted octanol–water partition coefficient (Wildman–Crippen LogP) is 3.03. The van der Waals surface area contributed by atoms with Crippen LogP contribution in [0.15, 0.2) is 24.3 Å². The van der Waals surface area contributed by atoms with Gasteiger partial charge in [-0.3, -0.25) is 9.59 Å². The van der Waals surface area contributed by atoms with E-state index in [4.69, 9.17) is 0 Å². The summed E-state index contributed by atoms with van der Waals surface area (Å²) in [5.74, 6) is 0.495. The van der Waals surface area contributed by atoms with Crippen LogP contribution >= 0.6 is 0 Å². The summed E-state index contributed by atoms with van der Waals surface area (Å²) in [6, 6.07) is 8.11. The van der Waals surface area contributed by atoms with Crippen LogP contribution in [0, 0.1) is 12.8 Å². The lowest BCUT2D eigenvalue weighted by atomic mass is 9.94. The maximum Gasteiger partial charge on any atom is 0.226 e. The molecule has 0 atom stereocenters. The molecule has 0 aromatic heterocycles. The van der Waals surface area contributed by atoms with Crippen molar-refractivity contribution in [2.45, 2.75) is 46.0 Å². The third-order valence-corrected chi connectivity index (χ3v) is 4.86. The van der Waals surface area contributed by atoms with Crippen molar-refractivity contribution in [1.82, 2.24) is 9.80 Å². The minimum absolute atomic E-state index is 0.0786. The summed E-state index contributed by atoms with van der Waals surface area (Å²) in [4.78, 5) is 28.7. The zero-order valence-electron chi connectivity index (χ0n) is 15.3. The smallest absolute Gasteiger partial charge is 0.226 e. The van der Waals surface area contributed by atoms with E-state index in [2.05, 4.69) is 13.0 Å². The normalized spacial score (nSPS) is 15.4. The first-order chi connectivity index (χ1) is 11.5. The highest BCUT2D eigenvalue weighted by Gasteiger charge is 2.28. The van der Waals surface area contributed by atoms with Crippen LogP contribution in [0.1, 0.15) is 43.7 Å². The number of aryl methyl sites for hydroxylation is 1. The van der Waals surface area contributed by atoms with Gasteiger partial charge < -0.3 is 9.80 Å². The van der Waals surface area contributed by atoms with Crippen LogP contribution in [-0.2, 0) is 16.0 Å². The Hall–Kier alpha value is -1.84. The lowest BCUT2D eigenvalue weighted by molar-refractivity contribution is -0.139. The van der Waals surface area contributed by atoms with Crippen molar-refractivity contribution in [3.05, 3.63) is 35.4 Å². The van der Waals surface area contributed by atoms with Crippen LogP contribution in [0.25, 0.3) is 0 Å². The van der Waals surface area contributed by atoms with Gasteiger partial charge >= 0.3 is 0 Å². The Bertz CT molecular complexity index is 563. The molecule has 1 aliphatic heterocycles. The molecule has 24 heavy (non-hydrogen) atoms. The molecular formula is C20H30N2O2. The average molecular weight is 330 g/mol. The number of rotatable bonds is 6. The van der Waals surface area contributed by atoms with Gasteiger partial charge in [0.1, 0.15) is 0 Å². The molecule has 1 saturated heterocycles. The first-order valence-electron chi connectivity index (χ1n) is 9.09. The van der Waals surface area contributed by atoms with Gasteiger partial charge in [0.25, 0.3) is 0 Å². The van der Waals surface area contributed by atoms with E-state index in [9.17, 15) is 9.59 Å². The third kappa shape index (κ3) is 5.08. The van der Waals surface area contributed by atoms with Crippen LogP contribution in [0.3, 0.4) is 0 Å². The van der Waals surface area contributed by atoms with Gasteiger partial charge in [-0.25, -0.2) is 0 Å². The number of piperidine rings is 1. The molecule has 0 spiro atoms. The minimum atomic E-state index is 0.0786. The molecule has 1 heterocycles. The summed E-state index contributed by atoms with van der Waals surface area (Å²) in [6.07, 6.45) is 4.18. The SMILES string of the molecule is CCCCN(C)C(=O)C1CCN(C(=O)Cc2cccc(C)c2)CC1. The zero-order valence-corrected chi connectivity index (χ0v) is 15.3. The lowest BCUT2D eigenvalue weighted by Gasteiger charge is -2.33. The van der Waals surface area contributed by atoms with E-state index in [1.165, 1.54) is 5.56 Å². The summed E-state index contributed by atoms with van der Waals surface area (Å²) < 4.78 is 0. The number of nitrogens with zero attached hydrogens (tertiary/aromatic N) is 2. The van der Waals surface area contributed by atoms with E-state index >= 15 is 0 Å². The van der Waals surface area contributed by atoms with Crippen LogP contribution in [0.4, 0.5) is 0 Å². The lowest BCUT2D eigenvalue weighted by Crippen LogP contribution is -2.44. The van der Waals surface area contributed by atoms with E-state index in [-0.39, 0.29) is 17.7 Å². The maximum absolute atomic E-state index is 12.5. The fourth-order valence-electron chi connectivity index (χ4n) is 3.30. The van der Waals surface area contributed by atoms with E-state index in [1.54, 1.807) is 0 Å². The molecule has 1 aliphatic rings. The maximum atomic E-state index is 12.5. The highest BCUT2D eigenvalue weighted by molar-refractivity contribution is 5.81. The van der Waals surface area contributed by atoms with Crippen molar-refractivity contribution in [2.24, 2.45) is 5.92 Å². The zero-order chi connectivity index (χ0) is 17.5. The molecule has 4 nitrogen and oxygen atoms in total. The van der Waals surface area contributed by atoms with Crippen molar-refractivity contribution in [3.63, 3.8) is 0 Å². The predicted molar refractivity (Wildman–Crippen MR) is 96.7 cm³/mol. The highest BCUT2D eigenvalue weighted by Crippen LogP contribution is 2.20. The number of hydrogen-bond acceptors (Lipinski definition) is 2. The Balaban J connectivity index is 1.81. The van der Waals surface area contributed by atoms with E-state index in [0.29, 0.717) is 19.5 Å². The molecule has 4 heteroatoms. The Morgan fingerprint density at radius 2 is 1.96 bits per heavy atom. The number of amides is 2. The standard InChI is InChI=1S/C20H30N2O2/c1-4-5-11-21(3)20(24)18-9-12-22(13-10-18)19(23)15-17-8-6-7-16(2)14-17/h6-8,14,18H,4-5,9-13,15H2,1-3H3. The summed E-state index contributed by atoms with van der Waals surface area (Å²) in [5, 5.41) is 0. The second-order valence-corrected chi connectivity index (χ2v) is 6.93. The second-order valence-electron chi connectivity index (χ2n) is 6.93. The summed E-state index contributed by atoms with van der Waals surface area (Å²) >= 11 is 0. The van der Waals surface area contributed by atoms with E-state index in [0.717, 1.165) is 37.8 Å². The van der Waals surface area contributed by atoms with Crippen LogP contribution in [0.5, 0.6) is 0 Å². The first-order valence-corrected chi connectivity index (χ1v) is 9.09. The Labute approximate surface area is 145 Å². The van der Waals surface area contributed by atoms with Gasteiger partial charge in [0, 0.05) is 32.6 Å². The van der Waals surface area contributed by atoms with Gasteiger partial charge in [0.2, 0.25) is 11.8 Å². The quantitative estimate of drug-likeness (QED) is 0.804.